The van der Waals surface area contributed by atoms with Crippen molar-refractivity contribution in [1.82, 2.24) is 0 Å². The van der Waals surface area contributed by atoms with E-state index in [0.717, 1.165) is 5.39 Å². The second kappa shape index (κ2) is 6.28. The van der Waals surface area contributed by atoms with E-state index in [4.69, 9.17) is 4.74 Å². The molecule has 3 aromatic carbocycles. The number of sulfonamides is 1. The molecule has 7 heteroatoms. The van der Waals surface area contributed by atoms with Gasteiger partial charge in [0.05, 0.1) is 23.4 Å². The Hall–Kier alpha value is -3.06. The maximum Gasteiger partial charge on any atom is 0.265 e. The Morgan fingerprint density at radius 2 is 1.74 bits per heavy atom. The third-order valence-electron chi connectivity index (χ3n) is 4.71. The van der Waals surface area contributed by atoms with Crippen LogP contribution >= 0.6 is 0 Å². The van der Waals surface area contributed by atoms with Crippen molar-refractivity contribution in [3.8, 4) is 5.75 Å². The van der Waals surface area contributed by atoms with Gasteiger partial charge < -0.3 is 10.1 Å². The number of benzene rings is 3. The van der Waals surface area contributed by atoms with Crippen molar-refractivity contribution in [3.63, 3.8) is 0 Å². The molecule has 1 N–H and O–H groups in total. The van der Waals surface area contributed by atoms with Crippen molar-refractivity contribution in [2.75, 3.05) is 16.7 Å². The molecular formula is C20H18N2O4S. The Bertz CT molecular complexity index is 1150. The maximum absolute atomic E-state index is 13.1. The molecule has 1 amide bonds. The zero-order valence-corrected chi connectivity index (χ0v) is 15.7. The summed E-state index contributed by atoms with van der Waals surface area (Å²) >= 11 is 0. The zero-order chi connectivity index (χ0) is 19.2. The highest BCUT2D eigenvalue weighted by Gasteiger charge is 2.40. The molecule has 1 aliphatic rings. The predicted octanol–water partition coefficient (Wildman–Crippen LogP) is 3.38. The fourth-order valence-corrected chi connectivity index (χ4v) is 5.30. The molecule has 0 bridgehead atoms. The number of hydrogen-bond donors (Lipinski definition) is 1. The molecule has 1 heterocycles. The van der Waals surface area contributed by atoms with Gasteiger partial charge in [-0.1, -0.05) is 36.4 Å². The number of rotatable bonds is 4. The van der Waals surface area contributed by atoms with Crippen LogP contribution in [0.15, 0.2) is 65.6 Å². The summed E-state index contributed by atoms with van der Waals surface area (Å²) in [5.74, 6) is 0.0700. The van der Waals surface area contributed by atoms with E-state index in [1.54, 1.807) is 55.5 Å². The molecule has 4 rings (SSSR count). The van der Waals surface area contributed by atoms with E-state index in [1.807, 2.05) is 12.1 Å². The number of para-hydroxylation sites is 2. The lowest BCUT2D eigenvalue weighted by Gasteiger charge is -2.25. The van der Waals surface area contributed by atoms with Crippen molar-refractivity contribution in [2.45, 2.75) is 17.9 Å². The molecular weight excluding hydrogens is 364 g/mol. The van der Waals surface area contributed by atoms with Gasteiger partial charge in [-0.15, -0.1) is 0 Å². The number of carbonyl (C=O) groups excluding carboxylic acids is 1. The molecule has 3 aromatic rings. The molecule has 0 radical (unpaired) electrons. The normalized spacial score (nSPS) is 15.6. The fraction of sp³-hybridized carbons (Fsp3) is 0.150. The highest BCUT2D eigenvalue weighted by molar-refractivity contribution is 7.93. The van der Waals surface area contributed by atoms with Gasteiger partial charge in [0.15, 0.2) is 0 Å². The third kappa shape index (κ3) is 2.62. The van der Waals surface area contributed by atoms with Gasteiger partial charge in [-0.05, 0) is 36.6 Å². The molecule has 0 aliphatic carbocycles. The van der Waals surface area contributed by atoms with Gasteiger partial charge in [-0.25, -0.2) is 8.42 Å². The van der Waals surface area contributed by atoms with Gasteiger partial charge >= 0.3 is 0 Å². The van der Waals surface area contributed by atoms with Crippen molar-refractivity contribution < 1.29 is 17.9 Å². The molecule has 6 nitrogen and oxygen atoms in total. The summed E-state index contributed by atoms with van der Waals surface area (Å²) < 4.78 is 32.6. The average molecular weight is 382 g/mol. The van der Waals surface area contributed by atoms with Crippen LogP contribution in [0.2, 0.25) is 0 Å². The molecule has 0 saturated carbocycles. The Balaban J connectivity index is 1.73. The third-order valence-corrected chi connectivity index (χ3v) is 6.64. The van der Waals surface area contributed by atoms with Gasteiger partial charge in [0, 0.05) is 5.39 Å². The summed E-state index contributed by atoms with van der Waals surface area (Å²) in [5, 5.41) is 4.24. The Kier molecular flexibility index (Phi) is 4.04. The molecule has 1 aliphatic heterocycles. The number of anilines is 2. The number of ether oxygens (including phenoxy) is 1. The van der Waals surface area contributed by atoms with Crippen molar-refractivity contribution in [3.05, 3.63) is 60.7 Å². The quantitative estimate of drug-likeness (QED) is 0.751. The van der Waals surface area contributed by atoms with E-state index in [9.17, 15) is 13.2 Å². The van der Waals surface area contributed by atoms with E-state index >= 15 is 0 Å². The smallest absolute Gasteiger partial charge is 0.265 e. The van der Waals surface area contributed by atoms with Crippen molar-refractivity contribution in [1.29, 1.82) is 0 Å². The van der Waals surface area contributed by atoms with Crippen LogP contribution in [0.3, 0.4) is 0 Å². The Labute approximate surface area is 157 Å². The van der Waals surface area contributed by atoms with Crippen LogP contribution < -0.4 is 14.4 Å². The molecule has 138 valence electrons. The molecule has 0 fully saturated rings. The summed E-state index contributed by atoms with van der Waals surface area (Å²) in [4.78, 5) is 13.1. The summed E-state index contributed by atoms with van der Waals surface area (Å²) in [5.41, 5.74) is 1.01. The highest BCUT2D eigenvalue weighted by atomic mass is 32.2. The minimum absolute atomic E-state index is 0.229. The summed E-state index contributed by atoms with van der Waals surface area (Å²) in [6.07, 6.45) is 0. The molecule has 1 atom stereocenters. The van der Waals surface area contributed by atoms with Crippen LogP contribution in [0.25, 0.3) is 10.8 Å². The van der Waals surface area contributed by atoms with Gasteiger partial charge in [0.2, 0.25) is 5.91 Å². The zero-order valence-electron chi connectivity index (χ0n) is 14.8. The first-order chi connectivity index (χ1) is 12.9. The predicted molar refractivity (Wildman–Crippen MR) is 105 cm³/mol. The highest BCUT2D eigenvalue weighted by Crippen LogP contribution is 2.43. The van der Waals surface area contributed by atoms with E-state index in [1.165, 1.54) is 11.4 Å². The first-order valence-corrected chi connectivity index (χ1v) is 9.89. The first kappa shape index (κ1) is 17.4. The minimum atomic E-state index is -3.81. The topological polar surface area (TPSA) is 75.7 Å². The Morgan fingerprint density at radius 3 is 2.48 bits per heavy atom. The van der Waals surface area contributed by atoms with E-state index < -0.39 is 22.0 Å². The van der Waals surface area contributed by atoms with Crippen LogP contribution in [0, 0.1) is 0 Å². The van der Waals surface area contributed by atoms with Crippen molar-refractivity contribution in [2.24, 2.45) is 0 Å². The van der Waals surface area contributed by atoms with E-state index in [-0.39, 0.29) is 4.90 Å². The van der Waals surface area contributed by atoms with Crippen LogP contribution in [0.4, 0.5) is 11.4 Å². The summed E-state index contributed by atoms with van der Waals surface area (Å²) in [7, 11) is -2.30. The lowest BCUT2D eigenvalue weighted by molar-refractivity contribution is -0.116. The monoisotopic (exact) mass is 382 g/mol. The molecule has 0 saturated heterocycles. The maximum atomic E-state index is 13.1. The minimum Gasteiger partial charge on any atom is -0.495 e. The van der Waals surface area contributed by atoms with Crippen molar-refractivity contribution >= 4 is 38.1 Å². The van der Waals surface area contributed by atoms with Crippen LogP contribution in [-0.4, -0.2) is 27.5 Å². The van der Waals surface area contributed by atoms with Gasteiger partial charge in [-0.2, -0.15) is 0 Å². The summed E-state index contributed by atoms with van der Waals surface area (Å²) in [6, 6.07) is 16.6. The second-order valence-electron chi connectivity index (χ2n) is 6.30. The first-order valence-electron chi connectivity index (χ1n) is 8.45. The van der Waals surface area contributed by atoms with E-state index in [2.05, 4.69) is 5.32 Å². The number of nitrogens with zero attached hydrogens (tertiary/aromatic N) is 1. The summed E-state index contributed by atoms with van der Waals surface area (Å²) in [6.45, 7) is 1.58. The molecule has 27 heavy (non-hydrogen) atoms. The van der Waals surface area contributed by atoms with Crippen LogP contribution in [-0.2, 0) is 14.8 Å². The lowest BCUT2D eigenvalue weighted by Crippen LogP contribution is -2.44. The van der Waals surface area contributed by atoms with Gasteiger partial charge in [0.25, 0.3) is 10.0 Å². The second-order valence-corrected chi connectivity index (χ2v) is 8.08. The lowest BCUT2D eigenvalue weighted by atomic mass is 10.1. The number of nitrogens with one attached hydrogen (secondary N) is 1. The molecule has 0 unspecified atom stereocenters. The van der Waals surface area contributed by atoms with Gasteiger partial charge in [0.1, 0.15) is 11.8 Å². The van der Waals surface area contributed by atoms with Crippen LogP contribution in [0.5, 0.6) is 5.75 Å². The number of methoxy groups -OCH3 is 1. The van der Waals surface area contributed by atoms with E-state index in [0.29, 0.717) is 22.5 Å². The largest absolute Gasteiger partial charge is 0.495 e. The standard InChI is InChI=1S/C20H18N2O4S/c1-13(20(23)21-15-9-3-4-11-17(15)26-2)22-16-10-5-7-14-8-6-12-18(19(14)16)27(22,24)25/h3-13H,1-2H3,(H,21,23)/t13-/m1/s1. The fourth-order valence-electron chi connectivity index (χ4n) is 3.43. The number of amides is 1. The van der Waals surface area contributed by atoms with Gasteiger partial charge in [-0.3, -0.25) is 9.10 Å². The SMILES string of the molecule is COc1ccccc1NC(=O)[C@@H](C)N1c2cccc3cccc(c23)S1(=O)=O. The average Bonchev–Trinajstić information content (AvgIpc) is 2.90. The number of carbonyl (C=O) groups is 1. The molecule has 0 aromatic heterocycles. The molecule has 0 spiro atoms. The number of hydrogen-bond acceptors (Lipinski definition) is 4. The Morgan fingerprint density at radius 1 is 1.04 bits per heavy atom. The van der Waals surface area contributed by atoms with Crippen LogP contribution in [0.1, 0.15) is 6.92 Å².